The van der Waals surface area contributed by atoms with E-state index in [0.717, 1.165) is 6.26 Å². The number of hydrogen-bond donors (Lipinski definition) is 0. The van der Waals surface area contributed by atoms with Crippen LogP contribution in [-0.2, 0) is 21.1 Å². The minimum absolute atomic E-state index is 0.0257. The summed E-state index contributed by atoms with van der Waals surface area (Å²) in [5, 5.41) is 2.73. The third kappa shape index (κ3) is 3.13. The Labute approximate surface area is 94.0 Å². The van der Waals surface area contributed by atoms with Gasteiger partial charge in [-0.15, -0.1) is 0 Å². The van der Waals surface area contributed by atoms with Crippen molar-refractivity contribution in [2.24, 2.45) is 0 Å². The van der Waals surface area contributed by atoms with Gasteiger partial charge < -0.3 is 4.52 Å². The van der Waals surface area contributed by atoms with E-state index in [1.54, 1.807) is 6.92 Å². The predicted octanol–water partition coefficient (Wildman–Crippen LogP) is 0.697. The summed E-state index contributed by atoms with van der Waals surface area (Å²) in [5.41, 5.74) is 0. The van der Waals surface area contributed by atoms with Crippen molar-refractivity contribution < 1.29 is 17.7 Å². The number of Topliss-reactive ketones (excluding diaryl/α,β-unsaturated/α-hetero) is 1. The third-order valence-corrected chi connectivity index (χ3v) is 3.73. The minimum atomic E-state index is -3.25. The minimum Gasteiger partial charge on any atom is -0.339 e. The van der Waals surface area contributed by atoms with Crippen molar-refractivity contribution >= 4 is 15.6 Å². The fourth-order valence-corrected chi connectivity index (χ4v) is 1.47. The van der Waals surface area contributed by atoms with Crippen molar-refractivity contribution in [2.75, 3.05) is 6.26 Å². The Kier molecular flexibility index (Phi) is 3.79. The smallest absolute Gasteiger partial charge is 0.234 e. The van der Waals surface area contributed by atoms with Gasteiger partial charge in [0.05, 0.1) is 6.42 Å². The van der Waals surface area contributed by atoms with E-state index in [-0.39, 0.29) is 23.9 Å². The monoisotopic (exact) mass is 246 g/mol. The SMILES string of the molecule is CCC(=O)Cc1nc(C(C)S(C)(=O)=O)no1. The molecule has 6 nitrogen and oxygen atoms in total. The van der Waals surface area contributed by atoms with Crippen LogP contribution >= 0.6 is 0 Å². The predicted molar refractivity (Wildman–Crippen MR) is 56.6 cm³/mol. The number of aromatic nitrogens is 2. The molecule has 0 radical (unpaired) electrons. The van der Waals surface area contributed by atoms with E-state index in [9.17, 15) is 13.2 Å². The zero-order valence-corrected chi connectivity index (χ0v) is 10.2. The normalized spacial score (nSPS) is 13.7. The van der Waals surface area contributed by atoms with Crippen molar-refractivity contribution in [1.29, 1.82) is 0 Å². The number of carbonyl (C=O) groups excluding carboxylic acids is 1. The van der Waals surface area contributed by atoms with Crippen molar-refractivity contribution in [3.05, 3.63) is 11.7 Å². The second-order valence-electron chi connectivity index (χ2n) is 3.59. The maximum absolute atomic E-state index is 11.2. The summed E-state index contributed by atoms with van der Waals surface area (Å²) >= 11 is 0. The van der Waals surface area contributed by atoms with Crippen LogP contribution in [0.5, 0.6) is 0 Å². The Bertz CT molecular complexity index is 477. The lowest BCUT2D eigenvalue weighted by Crippen LogP contribution is -2.09. The van der Waals surface area contributed by atoms with Gasteiger partial charge in [-0.3, -0.25) is 4.79 Å². The van der Waals surface area contributed by atoms with Gasteiger partial charge in [-0.05, 0) is 6.92 Å². The first-order chi connectivity index (χ1) is 7.34. The van der Waals surface area contributed by atoms with E-state index in [1.807, 2.05) is 0 Å². The topological polar surface area (TPSA) is 90.1 Å². The zero-order valence-electron chi connectivity index (χ0n) is 9.43. The van der Waals surface area contributed by atoms with Gasteiger partial charge in [-0.1, -0.05) is 12.1 Å². The number of hydrogen-bond acceptors (Lipinski definition) is 6. The lowest BCUT2D eigenvalue weighted by Gasteiger charge is -2.01. The van der Waals surface area contributed by atoms with Crippen LogP contribution in [0.25, 0.3) is 0 Å². The van der Waals surface area contributed by atoms with Gasteiger partial charge in [0.1, 0.15) is 11.0 Å². The number of ketones is 1. The average Bonchev–Trinajstić information content (AvgIpc) is 2.63. The molecule has 0 aliphatic rings. The van der Waals surface area contributed by atoms with Crippen LogP contribution in [0.15, 0.2) is 4.52 Å². The van der Waals surface area contributed by atoms with E-state index in [2.05, 4.69) is 10.1 Å². The van der Waals surface area contributed by atoms with Crippen molar-refractivity contribution in [3.8, 4) is 0 Å². The maximum atomic E-state index is 11.2. The molecule has 0 bridgehead atoms. The number of rotatable bonds is 5. The third-order valence-electron chi connectivity index (χ3n) is 2.23. The van der Waals surface area contributed by atoms with Crippen LogP contribution in [0.3, 0.4) is 0 Å². The largest absolute Gasteiger partial charge is 0.339 e. The molecule has 0 saturated heterocycles. The van der Waals surface area contributed by atoms with Gasteiger partial charge in [0, 0.05) is 12.7 Å². The van der Waals surface area contributed by atoms with Crippen molar-refractivity contribution in [2.45, 2.75) is 31.9 Å². The highest BCUT2D eigenvalue weighted by Gasteiger charge is 2.23. The summed E-state index contributed by atoms with van der Waals surface area (Å²) in [4.78, 5) is 15.0. The van der Waals surface area contributed by atoms with Crippen molar-refractivity contribution in [3.63, 3.8) is 0 Å². The molecule has 0 N–H and O–H groups in total. The van der Waals surface area contributed by atoms with Gasteiger partial charge >= 0.3 is 0 Å². The van der Waals surface area contributed by atoms with Crippen LogP contribution in [-0.4, -0.2) is 30.6 Å². The Morgan fingerprint density at radius 2 is 2.12 bits per heavy atom. The summed E-state index contributed by atoms with van der Waals surface area (Å²) in [6.45, 7) is 3.21. The van der Waals surface area contributed by atoms with Gasteiger partial charge in [-0.2, -0.15) is 4.98 Å². The number of carbonyl (C=O) groups is 1. The average molecular weight is 246 g/mol. The molecular formula is C9H14N2O4S. The number of sulfone groups is 1. The summed E-state index contributed by atoms with van der Waals surface area (Å²) in [5.74, 6) is 0.237. The maximum Gasteiger partial charge on any atom is 0.234 e. The van der Waals surface area contributed by atoms with Crippen LogP contribution in [0.2, 0.25) is 0 Å². The molecule has 0 amide bonds. The molecule has 1 aromatic rings. The molecule has 0 saturated carbocycles. The van der Waals surface area contributed by atoms with Crippen LogP contribution in [0, 0.1) is 0 Å². The molecule has 16 heavy (non-hydrogen) atoms. The standard InChI is InChI=1S/C9H14N2O4S/c1-4-7(12)5-8-10-9(11-15-8)6(2)16(3,13)14/h6H,4-5H2,1-3H3. The molecule has 1 heterocycles. The molecule has 1 aromatic heterocycles. The fourth-order valence-electron chi connectivity index (χ4n) is 0.990. The molecular weight excluding hydrogens is 232 g/mol. The molecule has 1 rings (SSSR count). The van der Waals surface area contributed by atoms with Gasteiger partial charge in [0.25, 0.3) is 0 Å². The van der Waals surface area contributed by atoms with Crippen LogP contribution in [0.1, 0.15) is 37.2 Å². The van der Waals surface area contributed by atoms with Crippen molar-refractivity contribution in [1.82, 2.24) is 10.1 Å². The molecule has 1 unspecified atom stereocenters. The lowest BCUT2D eigenvalue weighted by molar-refractivity contribution is -0.118. The quantitative estimate of drug-likeness (QED) is 0.759. The van der Waals surface area contributed by atoms with E-state index < -0.39 is 15.1 Å². The first-order valence-electron chi connectivity index (χ1n) is 4.87. The van der Waals surface area contributed by atoms with Crippen LogP contribution < -0.4 is 0 Å². The fraction of sp³-hybridized carbons (Fsp3) is 0.667. The van der Waals surface area contributed by atoms with E-state index in [4.69, 9.17) is 4.52 Å². The Morgan fingerprint density at radius 3 is 2.62 bits per heavy atom. The lowest BCUT2D eigenvalue weighted by atomic mass is 10.2. The zero-order chi connectivity index (χ0) is 12.3. The Hall–Kier alpha value is -1.24. The van der Waals surface area contributed by atoms with Crippen LogP contribution in [0.4, 0.5) is 0 Å². The first kappa shape index (κ1) is 12.8. The van der Waals surface area contributed by atoms with Gasteiger partial charge in [-0.25, -0.2) is 8.42 Å². The highest BCUT2D eigenvalue weighted by Crippen LogP contribution is 2.17. The molecule has 1 atom stereocenters. The van der Waals surface area contributed by atoms with Gasteiger partial charge in [0.2, 0.25) is 5.89 Å². The molecule has 0 aliphatic carbocycles. The summed E-state index contributed by atoms with van der Waals surface area (Å²) in [6.07, 6.45) is 1.55. The van der Waals surface area contributed by atoms with Gasteiger partial charge in [0.15, 0.2) is 15.7 Å². The summed E-state index contributed by atoms with van der Waals surface area (Å²) in [6, 6.07) is 0. The molecule has 0 spiro atoms. The summed E-state index contributed by atoms with van der Waals surface area (Å²) < 4.78 is 27.3. The molecule has 0 aliphatic heterocycles. The van der Waals surface area contributed by atoms with E-state index >= 15 is 0 Å². The highest BCUT2D eigenvalue weighted by atomic mass is 32.2. The second kappa shape index (κ2) is 4.73. The summed E-state index contributed by atoms with van der Waals surface area (Å²) in [7, 11) is -3.25. The Balaban J connectivity index is 2.83. The van der Waals surface area contributed by atoms with E-state index in [1.165, 1.54) is 6.92 Å². The molecule has 7 heteroatoms. The molecule has 0 aromatic carbocycles. The molecule has 90 valence electrons. The van der Waals surface area contributed by atoms with E-state index in [0.29, 0.717) is 6.42 Å². The highest BCUT2D eigenvalue weighted by molar-refractivity contribution is 7.90. The second-order valence-corrected chi connectivity index (χ2v) is 5.95. The molecule has 0 fully saturated rings. The first-order valence-corrected chi connectivity index (χ1v) is 6.83. The Morgan fingerprint density at radius 1 is 1.50 bits per heavy atom. The number of nitrogens with zero attached hydrogens (tertiary/aromatic N) is 2.